The second-order valence-electron chi connectivity index (χ2n) is 2.91. The number of carboxylic acid groups (broad SMARTS) is 1. The smallest absolute Gasteiger partial charge is 0.481 e. The Morgan fingerprint density at radius 2 is 2.18 bits per heavy atom. The molecule has 1 heterocycles. The maximum Gasteiger partial charge on any atom is 0.573 e. The number of carboxylic acids is 1. The molecule has 0 amide bonds. The van der Waals surface area contributed by atoms with Crippen molar-refractivity contribution in [3.8, 4) is 11.8 Å². The van der Waals surface area contributed by atoms with Crippen molar-refractivity contribution < 1.29 is 27.8 Å². The molecule has 17 heavy (non-hydrogen) atoms. The Bertz CT molecular complexity index is 479. The van der Waals surface area contributed by atoms with E-state index in [1.807, 2.05) is 0 Å². The zero-order chi connectivity index (χ0) is 13.1. The molecule has 0 atom stereocenters. The fraction of sp³-hybridized carbons (Fsp3) is 0.222. The molecule has 1 aromatic heterocycles. The first-order valence-corrected chi connectivity index (χ1v) is 4.18. The van der Waals surface area contributed by atoms with Crippen LogP contribution in [-0.2, 0) is 11.2 Å². The molecular weight excluding hydrogens is 241 g/mol. The minimum absolute atomic E-state index is 0.311. The summed E-state index contributed by atoms with van der Waals surface area (Å²) >= 11 is 0. The highest BCUT2D eigenvalue weighted by molar-refractivity contribution is 5.71. The molecule has 0 radical (unpaired) electrons. The summed E-state index contributed by atoms with van der Waals surface area (Å²) in [5, 5.41) is 17.1. The van der Waals surface area contributed by atoms with E-state index in [2.05, 4.69) is 9.72 Å². The van der Waals surface area contributed by atoms with Gasteiger partial charge in [-0.25, -0.2) is 0 Å². The molecule has 0 saturated heterocycles. The summed E-state index contributed by atoms with van der Waals surface area (Å²) in [6.45, 7) is 0. The van der Waals surface area contributed by atoms with Gasteiger partial charge in [-0.05, 0) is 0 Å². The molecular formula is C9H5F3N2O3. The second-order valence-corrected chi connectivity index (χ2v) is 2.91. The lowest BCUT2D eigenvalue weighted by Gasteiger charge is -2.12. The molecule has 0 bridgehead atoms. The van der Waals surface area contributed by atoms with Gasteiger partial charge in [0.1, 0.15) is 11.6 Å². The van der Waals surface area contributed by atoms with Gasteiger partial charge in [-0.2, -0.15) is 5.26 Å². The number of aliphatic carboxylic acids is 1. The Morgan fingerprint density at radius 3 is 2.65 bits per heavy atom. The number of hydrogen-bond donors (Lipinski definition) is 1. The normalized spacial score (nSPS) is 10.7. The van der Waals surface area contributed by atoms with E-state index < -0.39 is 30.1 Å². The van der Waals surface area contributed by atoms with Gasteiger partial charge in [0.2, 0.25) is 0 Å². The fourth-order valence-electron chi connectivity index (χ4n) is 1.10. The fourth-order valence-corrected chi connectivity index (χ4v) is 1.10. The average Bonchev–Trinajstić information content (AvgIpc) is 2.17. The molecule has 0 aromatic carbocycles. The van der Waals surface area contributed by atoms with Crippen LogP contribution in [0, 0.1) is 11.3 Å². The highest BCUT2D eigenvalue weighted by Crippen LogP contribution is 2.29. The largest absolute Gasteiger partial charge is 0.573 e. The zero-order valence-corrected chi connectivity index (χ0v) is 8.15. The van der Waals surface area contributed by atoms with Gasteiger partial charge < -0.3 is 9.84 Å². The topological polar surface area (TPSA) is 83.2 Å². The number of rotatable bonds is 3. The minimum Gasteiger partial charge on any atom is -0.481 e. The molecule has 0 aliphatic rings. The van der Waals surface area contributed by atoms with Crippen LogP contribution in [0.1, 0.15) is 11.1 Å². The van der Waals surface area contributed by atoms with Crippen LogP contribution in [-0.4, -0.2) is 22.4 Å². The molecule has 1 rings (SSSR count). The van der Waals surface area contributed by atoms with Crippen molar-refractivity contribution in [1.82, 2.24) is 4.98 Å². The monoisotopic (exact) mass is 246 g/mol. The summed E-state index contributed by atoms with van der Waals surface area (Å²) in [5.41, 5.74) is -0.782. The van der Waals surface area contributed by atoms with Crippen LogP contribution in [0.5, 0.6) is 5.75 Å². The molecule has 0 saturated carbocycles. The van der Waals surface area contributed by atoms with Crippen molar-refractivity contribution in [1.29, 1.82) is 5.26 Å². The van der Waals surface area contributed by atoms with Crippen LogP contribution in [0.25, 0.3) is 0 Å². The first-order chi connectivity index (χ1) is 7.83. The van der Waals surface area contributed by atoms with E-state index in [1.54, 1.807) is 0 Å². The number of pyridine rings is 1. The van der Waals surface area contributed by atoms with Gasteiger partial charge in [0.15, 0.2) is 5.75 Å². The highest BCUT2D eigenvalue weighted by Gasteiger charge is 2.33. The van der Waals surface area contributed by atoms with Gasteiger partial charge in [-0.3, -0.25) is 9.78 Å². The van der Waals surface area contributed by atoms with Gasteiger partial charge in [0.25, 0.3) is 0 Å². The lowest BCUT2D eigenvalue weighted by molar-refractivity contribution is -0.275. The number of halogens is 3. The van der Waals surface area contributed by atoms with E-state index in [0.717, 1.165) is 12.4 Å². The molecule has 0 unspecified atom stereocenters. The number of alkyl halides is 3. The predicted octanol–water partition coefficient (Wildman–Crippen LogP) is 1.48. The van der Waals surface area contributed by atoms with E-state index in [1.165, 1.54) is 6.07 Å². The van der Waals surface area contributed by atoms with E-state index in [9.17, 15) is 18.0 Å². The van der Waals surface area contributed by atoms with E-state index in [-0.39, 0.29) is 5.56 Å². The maximum absolute atomic E-state index is 12.1. The average molecular weight is 246 g/mol. The first kappa shape index (κ1) is 12.8. The molecule has 0 aliphatic heterocycles. The third-order valence-electron chi connectivity index (χ3n) is 1.65. The number of aromatic nitrogens is 1. The SMILES string of the molecule is N#Cc1cncc(CC(=O)O)c1OC(F)(F)F. The van der Waals surface area contributed by atoms with Crippen LogP contribution < -0.4 is 4.74 Å². The Kier molecular flexibility index (Phi) is 3.52. The lowest BCUT2D eigenvalue weighted by Crippen LogP contribution is -2.19. The molecule has 1 aromatic rings. The van der Waals surface area contributed by atoms with Crippen LogP contribution in [0.3, 0.4) is 0 Å². The second kappa shape index (κ2) is 4.69. The standard InChI is InChI=1S/C9H5F3N2O3/c10-9(11,12)17-8-5(1-7(15)16)3-14-4-6(8)2-13/h3-4H,1H2,(H,15,16). The summed E-state index contributed by atoms with van der Waals surface area (Å²) in [6, 6.07) is 1.45. The van der Waals surface area contributed by atoms with Crippen molar-refractivity contribution in [2.24, 2.45) is 0 Å². The minimum atomic E-state index is -5.00. The zero-order valence-electron chi connectivity index (χ0n) is 8.15. The Morgan fingerprint density at radius 1 is 1.53 bits per heavy atom. The number of ether oxygens (including phenoxy) is 1. The van der Waals surface area contributed by atoms with Crippen molar-refractivity contribution in [3.63, 3.8) is 0 Å². The van der Waals surface area contributed by atoms with Crippen molar-refractivity contribution >= 4 is 5.97 Å². The lowest BCUT2D eigenvalue weighted by atomic mass is 10.1. The van der Waals surface area contributed by atoms with Crippen LogP contribution in [0.4, 0.5) is 13.2 Å². The Balaban J connectivity index is 3.21. The Hall–Kier alpha value is -2.30. The van der Waals surface area contributed by atoms with Crippen molar-refractivity contribution in [3.05, 3.63) is 23.5 Å². The number of hydrogen-bond acceptors (Lipinski definition) is 4. The van der Waals surface area contributed by atoms with Gasteiger partial charge >= 0.3 is 12.3 Å². The van der Waals surface area contributed by atoms with Gasteiger partial charge in [0, 0.05) is 18.0 Å². The predicted molar refractivity (Wildman–Crippen MR) is 47.0 cm³/mol. The summed E-state index contributed by atoms with van der Waals surface area (Å²) < 4.78 is 39.9. The molecule has 0 spiro atoms. The highest BCUT2D eigenvalue weighted by atomic mass is 19.4. The molecule has 5 nitrogen and oxygen atoms in total. The van der Waals surface area contributed by atoms with E-state index in [4.69, 9.17) is 10.4 Å². The maximum atomic E-state index is 12.1. The number of nitrogens with zero attached hydrogens (tertiary/aromatic N) is 2. The summed E-state index contributed by atoms with van der Waals surface area (Å²) in [4.78, 5) is 13.9. The molecule has 0 fully saturated rings. The van der Waals surface area contributed by atoms with Crippen LogP contribution in [0.15, 0.2) is 12.4 Å². The third-order valence-corrected chi connectivity index (χ3v) is 1.65. The Labute approximate surface area is 93.1 Å². The number of carbonyl (C=O) groups is 1. The van der Waals surface area contributed by atoms with Gasteiger partial charge in [-0.1, -0.05) is 0 Å². The van der Waals surface area contributed by atoms with Gasteiger partial charge in [0.05, 0.1) is 6.42 Å². The summed E-state index contributed by atoms with van der Waals surface area (Å²) in [6.07, 6.45) is -3.93. The molecule has 1 N–H and O–H groups in total. The van der Waals surface area contributed by atoms with Gasteiger partial charge in [-0.15, -0.1) is 13.2 Å². The molecule has 90 valence electrons. The van der Waals surface area contributed by atoms with Crippen LogP contribution >= 0.6 is 0 Å². The summed E-state index contributed by atoms with van der Waals surface area (Å²) in [5.74, 6) is -2.17. The van der Waals surface area contributed by atoms with E-state index in [0.29, 0.717) is 0 Å². The van der Waals surface area contributed by atoms with E-state index >= 15 is 0 Å². The number of nitriles is 1. The quantitative estimate of drug-likeness (QED) is 0.873. The molecule has 0 aliphatic carbocycles. The first-order valence-electron chi connectivity index (χ1n) is 4.18. The van der Waals surface area contributed by atoms with Crippen molar-refractivity contribution in [2.75, 3.05) is 0 Å². The van der Waals surface area contributed by atoms with Crippen molar-refractivity contribution in [2.45, 2.75) is 12.8 Å². The molecule has 8 heteroatoms. The van der Waals surface area contributed by atoms with Crippen LogP contribution in [0.2, 0.25) is 0 Å². The summed E-state index contributed by atoms with van der Waals surface area (Å²) in [7, 11) is 0. The third kappa shape index (κ3) is 3.64.